The van der Waals surface area contributed by atoms with Gasteiger partial charge in [0.1, 0.15) is 5.75 Å². The second-order valence-corrected chi connectivity index (χ2v) is 4.63. The highest BCUT2D eigenvalue weighted by Crippen LogP contribution is 2.16. The summed E-state index contributed by atoms with van der Waals surface area (Å²) in [5.41, 5.74) is 2.54. The first kappa shape index (κ1) is 14.0. The van der Waals surface area contributed by atoms with Crippen molar-refractivity contribution in [3.63, 3.8) is 0 Å². The normalized spacial score (nSPS) is 10.5. The maximum absolute atomic E-state index is 5.75. The summed E-state index contributed by atoms with van der Waals surface area (Å²) in [4.78, 5) is 0. The quantitative estimate of drug-likeness (QED) is 0.697. The summed E-state index contributed by atoms with van der Waals surface area (Å²) >= 11 is 0. The van der Waals surface area contributed by atoms with Gasteiger partial charge < -0.3 is 10.1 Å². The zero-order valence-electron chi connectivity index (χ0n) is 11.4. The van der Waals surface area contributed by atoms with E-state index >= 15 is 0 Å². The van der Waals surface area contributed by atoms with Gasteiger partial charge in [-0.2, -0.15) is 0 Å². The molecule has 17 heavy (non-hydrogen) atoms. The van der Waals surface area contributed by atoms with Crippen molar-refractivity contribution in [3.8, 4) is 5.75 Å². The third kappa shape index (κ3) is 6.32. The molecule has 0 aliphatic heterocycles. The van der Waals surface area contributed by atoms with Crippen LogP contribution in [0, 0.1) is 13.8 Å². The van der Waals surface area contributed by atoms with Crippen LogP contribution in [0.15, 0.2) is 18.2 Å². The van der Waals surface area contributed by atoms with Crippen LogP contribution < -0.4 is 10.1 Å². The van der Waals surface area contributed by atoms with Gasteiger partial charge in [0, 0.05) is 0 Å². The molecule has 0 amide bonds. The number of nitrogens with one attached hydrogen (secondary N) is 1. The lowest BCUT2D eigenvalue weighted by Gasteiger charge is -2.08. The Kier molecular flexibility index (Phi) is 6.71. The summed E-state index contributed by atoms with van der Waals surface area (Å²) in [6, 6.07) is 6.37. The topological polar surface area (TPSA) is 21.3 Å². The minimum absolute atomic E-state index is 0.816. The Labute approximate surface area is 105 Å². The lowest BCUT2D eigenvalue weighted by molar-refractivity contribution is 0.305. The molecule has 0 saturated carbocycles. The standard InChI is InChI=1S/C15H25NO/c1-4-7-16-8-5-6-9-17-15-11-13(2)10-14(3)12-15/h10-12,16H,4-9H2,1-3H3. The molecule has 96 valence electrons. The van der Waals surface area contributed by atoms with Crippen LogP contribution in [-0.2, 0) is 0 Å². The molecule has 0 atom stereocenters. The van der Waals surface area contributed by atoms with Crippen LogP contribution in [0.5, 0.6) is 5.75 Å². The number of benzene rings is 1. The van der Waals surface area contributed by atoms with E-state index in [0.29, 0.717) is 0 Å². The maximum atomic E-state index is 5.75. The third-order valence-corrected chi connectivity index (χ3v) is 2.64. The molecule has 0 aromatic heterocycles. The van der Waals surface area contributed by atoms with Crippen LogP contribution >= 0.6 is 0 Å². The molecule has 0 fully saturated rings. The van der Waals surface area contributed by atoms with E-state index in [9.17, 15) is 0 Å². The monoisotopic (exact) mass is 235 g/mol. The average Bonchev–Trinajstić information content (AvgIpc) is 2.26. The van der Waals surface area contributed by atoms with E-state index in [4.69, 9.17) is 4.74 Å². The van der Waals surface area contributed by atoms with E-state index in [0.717, 1.165) is 31.9 Å². The zero-order chi connectivity index (χ0) is 12.5. The van der Waals surface area contributed by atoms with Crippen LogP contribution in [0.1, 0.15) is 37.3 Å². The van der Waals surface area contributed by atoms with Gasteiger partial charge in [0.05, 0.1) is 6.61 Å². The van der Waals surface area contributed by atoms with Crippen molar-refractivity contribution in [2.45, 2.75) is 40.0 Å². The Morgan fingerprint density at radius 3 is 2.35 bits per heavy atom. The number of hydrogen-bond acceptors (Lipinski definition) is 2. The SMILES string of the molecule is CCCNCCCCOc1cc(C)cc(C)c1. The predicted molar refractivity (Wildman–Crippen MR) is 73.8 cm³/mol. The Morgan fingerprint density at radius 1 is 1.00 bits per heavy atom. The van der Waals surface area contributed by atoms with Crippen molar-refractivity contribution in [2.75, 3.05) is 19.7 Å². The number of hydrogen-bond donors (Lipinski definition) is 1. The lowest BCUT2D eigenvalue weighted by Crippen LogP contribution is -2.16. The van der Waals surface area contributed by atoms with Gasteiger partial charge in [0.25, 0.3) is 0 Å². The molecule has 0 radical (unpaired) electrons. The second kappa shape index (κ2) is 8.13. The Bertz CT molecular complexity index is 302. The van der Waals surface area contributed by atoms with Crippen LogP contribution in [0.2, 0.25) is 0 Å². The van der Waals surface area contributed by atoms with Gasteiger partial charge in [-0.25, -0.2) is 0 Å². The molecular formula is C15H25NO. The Balaban J connectivity index is 2.13. The van der Waals surface area contributed by atoms with Crippen molar-refractivity contribution >= 4 is 0 Å². The molecular weight excluding hydrogens is 210 g/mol. The molecule has 0 heterocycles. The summed E-state index contributed by atoms with van der Waals surface area (Å²) in [6.45, 7) is 9.44. The van der Waals surface area contributed by atoms with Crippen molar-refractivity contribution in [2.24, 2.45) is 0 Å². The Hall–Kier alpha value is -1.02. The molecule has 1 N–H and O–H groups in total. The van der Waals surface area contributed by atoms with E-state index in [-0.39, 0.29) is 0 Å². The summed E-state index contributed by atoms with van der Waals surface area (Å²) in [7, 11) is 0. The number of unbranched alkanes of at least 4 members (excludes halogenated alkanes) is 1. The number of rotatable bonds is 8. The van der Waals surface area contributed by atoms with E-state index in [2.05, 4.69) is 44.3 Å². The molecule has 0 aliphatic carbocycles. The first-order valence-corrected chi connectivity index (χ1v) is 6.64. The van der Waals surface area contributed by atoms with Crippen molar-refractivity contribution in [3.05, 3.63) is 29.3 Å². The number of aryl methyl sites for hydroxylation is 2. The highest BCUT2D eigenvalue weighted by molar-refractivity contribution is 5.32. The van der Waals surface area contributed by atoms with E-state index in [1.54, 1.807) is 0 Å². The van der Waals surface area contributed by atoms with Gasteiger partial charge in [-0.3, -0.25) is 0 Å². The third-order valence-electron chi connectivity index (χ3n) is 2.64. The molecule has 1 aromatic rings. The first-order chi connectivity index (χ1) is 8.22. The van der Waals surface area contributed by atoms with Gasteiger partial charge >= 0.3 is 0 Å². The molecule has 0 saturated heterocycles. The lowest BCUT2D eigenvalue weighted by atomic mass is 10.1. The highest BCUT2D eigenvalue weighted by Gasteiger charge is 1.96. The van der Waals surface area contributed by atoms with Crippen molar-refractivity contribution in [1.29, 1.82) is 0 Å². The maximum Gasteiger partial charge on any atom is 0.119 e. The first-order valence-electron chi connectivity index (χ1n) is 6.64. The summed E-state index contributed by atoms with van der Waals surface area (Å²) in [5, 5.41) is 3.40. The number of ether oxygens (including phenoxy) is 1. The molecule has 2 heteroatoms. The van der Waals surface area contributed by atoms with Crippen LogP contribution in [0.3, 0.4) is 0 Å². The zero-order valence-corrected chi connectivity index (χ0v) is 11.4. The second-order valence-electron chi connectivity index (χ2n) is 4.63. The molecule has 0 spiro atoms. The Morgan fingerprint density at radius 2 is 1.71 bits per heavy atom. The van der Waals surface area contributed by atoms with E-state index < -0.39 is 0 Å². The summed E-state index contributed by atoms with van der Waals surface area (Å²) in [6.07, 6.45) is 3.51. The van der Waals surface area contributed by atoms with Crippen LogP contribution in [0.4, 0.5) is 0 Å². The van der Waals surface area contributed by atoms with E-state index in [1.165, 1.54) is 24.0 Å². The molecule has 1 rings (SSSR count). The largest absolute Gasteiger partial charge is 0.494 e. The molecule has 1 aromatic carbocycles. The average molecular weight is 235 g/mol. The van der Waals surface area contributed by atoms with Crippen molar-refractivity contribution in [1.82, 2.24) is 5.32 Å². The highest BCUT2D eigenvalue weighted by atomic mass is 16.5. The van der Waals surface area contributed by atoms with Gasteiger partial charge in [-0.15, -0.1) is 0 Å². The summed E-state index contributed by atoms with van der Waals surface area (Å²) < 4.78 is 5.75. The van der Waals surface area contributed by atoms with E-state index in [1.807, 2.05) is 0 Å². The summed E-state index contributed by atoms with van der Waals surface area (Å²) in [5.74, 6) is 1.00. The van der Waals surface area contributed by atoms with Gasteiger partial charge in [0.2, 0.25) is 0 Å². The molecule has 0 aliphatic rings. The van der Waals surface area contributed by atoms with Crippen LogP contribution in [0.25, 0.3) is 0 Å². The molecule has 2 nitrogen and oxygen atoms in total. The predicted octanol–water partition coefficient (Wildman–Crippen LogP) is 3.46. The molecule has 0 unspecified atom stereocenters. The minimum Gasteiger partial charge on any atom is -0.494 e. The van der Waals surface area contributed by atoms with Crippen LogP contribution in [-0.4, -0.2) is 19.7 Å². The fourth-order valence-corrected chi connectivity index (χ4v) is 1.86. The molecule has 0 bridgehead atoms. The smallest absolute Gasteiger partial charge is 0.119 e. The van der Waals surface area contributed by atoms with Gasteiger partial charge in [-0.1, -0.05) is 13.0 Å². The fourth-order valence-electron chi connectivity index (χ4n) is 1.86. The minimum atomic E-state index is 0.816. The fraction of sp³-hybridized carbons (Fsp3) is 0.600. The van der Waals surface area contributed by atoms with Gasteiger partial charge in [0.15, 0.2) is 0 Å². The van der Waals surface area contributed by atoms with Crippen molar-refractivity contribution < 1.29 is 4.74 Å². The van der Waals surface area contributed by atoms with Gasteiger partial charge in [-0.05, 0) is 69.5 Å².